The van der Waals surface area contributed by atoms with Gasteiger partial charge in [0.15, 0.2) is 11.5 Å². The van der Waals surface area contributed by atoms with Crippen LogP contribution in [-0.2, 0) is 6.54 Å². The van der Waals surface area contributed by atoms with Gasteiger partial charge in [-0.05, 0) is 46.6 Å². The Labute approximate surface area is 116 Å². The molecule has 1 aliphatic heterocycles. The summed E-state index contributed by atoms with van der Waals surface area (Å²) in [5.41, 5.74) is 1.19. The van der Waals surface area contributed by atoms with E-state index in [4.69, 9.17) is 9.47 Å². The fraction of sp³-hybridized carbons (Fsp3) is 0.538. The van der Waals surface area contributed by atoms with E-state index in [1.165, 1.54) is 12.0 Å². The summed E-state index contributed by atoms with van der Waals surface area (Å²) >= 11 is 3.51. The van der Waals surface area contributed by atoms with Gasteiger partial charge in [-0.1, -0.05) is 0 Å². The normalized spacial score (nSPS) is 18.9. The van der Waals surface area contributed by atoms with E-state index in [2.05, 4.69) is 32.6 Å². The molecule has 1 unspecified atom stereocenters. The van der Waals surface area contributed by atoms with Gasteiger partial charge in [0.1, 0.15) is 0 Å². The molecule has 0 aliphatic carbocycles. The first-order valence-electron chi connectivity index (χ1n) is 6.09. The SMILES string of the molecule is COc1cc(CNC2CCNC2)cc(Br)c1OC. The summed E-state index contributed by atoms with van der Waals surface area (Å²) in [5, 5.41) is 6.88. The minimum Gasteiger partial charge on any atom is -0.493 e. The number of nitrogens with one attached hydrogen (secondary N) is 2. The molecule has 5 heteroatoms. The minimum absolute atomic E-state index is 0.567. The quantitative estimate of drug-likeness (QED) is 0.871. The Morgan fingerprint density at radius 2 is 2.22 bits per heavy atom. The fourth-order valence-electron chi connectivity index (χ4n) is 2.16. The van der Waals surface area contributed by atoms with Crippen molar-refractivity contribution in [3.05, 3.63) is 22.2 Å². The Bertz CT molecular complexity index is 406. The third-order valence-corrected chi connectivity index (χ3v) is 3.74. The predicted molar refractivity (Wildman–Crippen MR) is 75.4 cm³/mol. The highest BCUT2D eigenvalue weighted by Crippen LogP contribution is 2.36. The second-order valence-corrected chi connectivity index (χ2v) is 5.24. The van der Waals surface area contributed by atoms with Gasteiger partial charge in [-0.15, -0.1) is 0 Å². The average molecular weight is 315 g/mol. The van der Waals surface area contributed by atoms with E-state index in [0.717, 1.165) is 35.6 Å². The molecule has 0 amide bonds. The van der Waals surface area contributed by atoms with E-state index in [-0.39, 0.29) is 0 Å². The summed E-state index contributed by atoms with van der Waals surface area (Å²) in [4.78, 5) is 0. The van der Waals surface area contributed by atoms with Gasteiger partial charge < -0.3 is 20.1 Å². The van der Waals surface area contributed by atoms with Gasteiger partial charge in [0.25, 0.3) is 0 Å². The van der Waals surface area contributed by atoms with Crippen LogP contribution in [0.2, 0.25) is 0 Å². The van der Waals surface area contributed by atoms with Crippen LogP contribution in [0, 0.1) is 0 Å². The van der Waals surface area contributed by atoms with Crippen LogP contribution in [0.15, 0.2) is 16.6 Å². The predicted octanol–water partition coefficient (Wildman–Crippen LogP) is 1.92. The van der Waals surface area contributed by atoms with Crippen LogP contribution >= 0.6 is 15.9 Å². The van der Waals surface area contributed by atoms with Gasteiger partial charge in [-0.3, -0.25) is 0 Å². The molecule has 1 aromatic rings. The van der Waals surface area contributed by atoms with E-state index in [1.807, 2.05) is 6.07 Å². The largest absolute Gasteiger partial charge is 0.493 e. The standard InChI is InChI=1S/C13H19BrN2O2/c1-17-12-6-9(5-11(14)13(12)18-2)7-16-10-3-4-15-8-10/h5-6,10,15-16H,3-4,7-8H2,1-2H3. The van der Waals surface area contributed by atoms with E-state index < -0.39 is 0 Å². The Kier molecular flexibility index (Phi) is 4.86. The highest BCUT2D eigenvalue weighted by Gasteiger charge is 2.15. The molecule has 2 rings (SSSR count). The summed E-state index contributed by atoms with van der Waals surface area (Å²) < 4.78 is 11.6. The molecule has 1 heterocycles. The van der Waals surface area contributed by atoms with Crippen LogP contribution in [0.4, 0.5) is 0 Å². The van der Waals surface area contributed by atoms with E-state index in [1.54, 1.807) is 14.2 Å². The van der Waals surface area contributed by atoms with Crippen molar-refractivity contribution in [2.24, 2.45) is 0 Å². The number of hydrogen-bond donors (Lipinski definition) is 2. The van der Waals surface area contributed by atoms with E-state index in [0.29, 0.717) is 6.04 Å². The maximum absolute atomic E-state index is 5.33. The number of ether oxygens (including phenoxy) is 2. The highest BCUT2D eigenvalue weighted by atomic mass is 79.9. The third kappa shape index (κ3) is 3.16. The smallest absolute Gasteiger partial charge is 0.174 e. The first-order valence-corrected chi connectivity index (χ1v) is 6.88. The molecule has 1 fully saturated rings. The maximum atomic E-state index is 5.33. The summed E-state index contributed by atoms with van der Waals surface area (Å²) in [6.45, 7) is 2.99. The lowest BCUT2D eigenvalue weighted by Crippen LogP contribution is -2.30. The monoisotopic (exact) mass is 314 g/mol. The Balaban J connectivity index is 2.05. The molecule has 1 atom stereocenters. The molecule has 1 saturated heterocycles. The zero-order valence-electron chi connectivity index (χ0n) is 10.8. The number of methoxy groups -OCH3 is 2. The molecule has 0 saturated carbocycles. The van der Waals surface area contributed by atoms with Gasteiger partial charge in [0.05, 0.1) is 18.7 Å². The van der Waals surface area contributed by atoms with Crippen molar-refractivity contribution in [2.45, 2.75) is 19.0 Å². The van der Waals surface area contributed by atoms with Crippen LogP contribution in [0.1, 0.15) is 12.0 Å². The lowest BCUT2D eigenvalue weighted by Gasteiger charge is -2.14. The minimum atomic E-state index is 0.567. The van der Waals surface area contributed by atoms with Gasteiger partial charge in [-0.25, -0.2) is 0 Å². The van der Waals surface area contributed by atoms with Gasteiger partial charge in [0, 0.05) is 19.1 Å². The van der Waals surface area contributed by atoms with Crippen molar-refractivity contribution in [1.82, 2.24) is 10.6 Å². The molecule has 0 aromatic heterocycles. The van der Waals surface area contributed by atoms with Crippen LogP contribution in [-0.4, -0.2) is 33.4 Å². The summed E-state index contributed by atoms with van der Waals surface area (Å²) in [7, 11) is 3.30. The Hall–Kier alpha value is -0.780. The molecule has 18 heavy (non-hydrogen) atoms. The highest BCUT2D eigenvalue weighted by molar-refractivity contribution is 9.10. The summed E-state index contributed by atoms with van der Waals surface area (Å²) in [6, 6.07) is 4.65. The van der Waals surface area contributed by atoms with Crippen molar-refractivity contribution >= 4 is 15.9 Å². The van der Waals surface area contributed by atoms with Gasteiger partial charge >= 0.3 is 0 Å². The molecule has 2 N–H and O–H groups in total. The van der Waals surface area contributed by atoms with Gasteiger partial charge in [0.2, 0.25) is 0 Å². The van der Waals surface area contributed by atoms with Crippen molar-refractivity contribution in [3.63, 3.8) is 0 Å². The fourth-order valence-corrected chi connectivity index (χ4v) is 2.82. The number of hydrogen-bond acceptors (Lipinski definition) is 4. The summed E-state index contributed by atoms with van der Waals surface area (Å²) in [6.07, 6.45) is 1.19. The number of rotatable bonds is 5. The lowest BCUT2D eigenvalue weighted by atomic mass is 10.1. The molecule has 100 valence electrons. The van der Waals surface area contributed by atoms with Crippen molar-refractivity contribution < 1.29 is 9.47 Å². The van der Waals surface area contributed by atoms with Gasteiger partial charge in [-0.2, -0.15) is 0 Å². The van der Waals surface area contributed by atoms with Crippen LogP contribution in [0.3, 0.4) is 0 Å². The first-order chi connectivity index (χ1) is 8.74. The van der Waals surface area contributed by atoms with Crippen LogP contribution in [0.25, 0.3) is 0 Å². The van der Waals surface area contributed by atoms with Crippen molar-refractivity contribution in [3.8, 4) is 11.5 Å². The average Bonchev–Trinajstić information content (AvgIpc) is 2.88. The zero-order chi connectivity index (χ0) is 13.0. The van der Waals surface area contributed by atoms with E-state index >= 15 is 0 Å². The first kappa shape index (κ1) is 13.6. The lowest BCUT2D eigenvalue weighted by molar-refractivity contribution is 0.352. The van der Waals surface area contributed by atoms with Crippen molar-refractivity contribution in [1.29, 1.82) is 0 Å². The van der Waals surface area contributed by atoms with Crippen molar-refractivity contribution in [2.75, 3.05) is 27.3 Å². The Morgan fingerprint density at radius 1 is 1.39 bits per heavy atom. The second-order valence-electron chi connectivity index (χ2n) is 4.38. The third-order valence-electron chi connectivity index (χ3n) is 3.15. The molecule has 0 spiro atoms. The zero-order valence-corrected chi connectivity index (χ0v) is 12.3. The Morgan fingerprint density at radius 3 is 2.83 bits per heavy atom. The molecule has 1 aliphatic rings. The van der Waals surface area contributed by atoms with Crippen LogP contribution < -0.4 is 20.1 Å². The molecule has 4 nitrogen and oxygen atoms in total. The second kappa shape index (κ2) is 6.41. The molecule has 1 aromatic carbocycles. The molecule has 0 radical (unpaired) electrons. The molecule has 0 bridgehead atoms. The van der Waals surface area contributed by atoms with E-state index in [9.17, 15) is 0 Å². The molecular weight excluding hydrogens is 296 g/mol. The maximum Gasteiger partial charge on any atom is 0.174 e. The topological polar surface area (TPSA) is 42.5 Å². The summed E-state index contributed by atoms with van der Waals surface area (Å²) in [5.74, 6) is 1.50. The number of benzene rings is 1. The van der Waals surface area contributed by atoms with Crippen LogP contribution in [0.5, 0.6) is 11.5 Å². The molecular formula is C13H19BrN2O2. The number of halogens is 1.